The molecule has 0 fully saturated rings. The second kappa shape index (κ2) is 8.84. The van der Waals surface area contributed by atoms with Crippen LogP contribution in [0.2, 0.25) is 5.02 Å². The highest BCUT2D eigenvalue weighted by Crippen LogP contribution is 2.29. The van der Waals surface area contributed by atoms with Gasteiger partial charge in [-0.25, -0.2) is 0 Å². The molecule has 2 heterocycles. The van der Waals surface area contributed by atoms with E-state index < -0.39 is 0 Å². The first-order chi connectivity index (χ1) is 14.6. The van der Waals surface area contributed by atoms with Crippen LogP contribution in [0.25, 0.3) is 5.65 Å². The van der Waals surface area contributed by atoms with E-state index in [4.69, 9.17) is 21.1 Å². The van der Waals surface area contributed by atoms with Gasteiger partial charge in [-0.1, -0.05) is 29.8 Å². The van der Waals surface area contributed by atoms with Crippen molar-refractivity contribution in [2.75, 3.05) is 7.11 Å². The molecule has 4 aromatic rings. The van der Waals surface area contributed by atoms with E-state index >= 15 is 0 Å². The molecule has 8 heteroatoms. The molecule has 0 radical (unpaired) electrons. The zero-order valence-corrected chi connectivity index (χ0v) is 17.0. The third-order valence-electron chi connectivity index (χ3n) is 4.52. The van der Waals surface area contributed by atoms with Crippen LogP contribution in [-0.4, -0.2) is 27.6 Å². The number of aromatic nitrogens is 3. The van der Waals surface area contributed by atoms with Gasteiger partial charge in [-0.05, 0) is 48.0 Å². The third kappa shape index (κ3) is 4.36. The number of rotatable bonds is 7. The summed E-state index contributed by atoms with van der Waals surface area (Å²) < 4.78 is 13.1. The van der Waals surface area contributed by atoms with Gasteiger partial charge in [0, 0.05) is 16.8 Å². The normalized spacial score (nSPS) is 10.7. The van der Waals surface area contributed by atoms with Gasteiger partial charge in [-0.2, -0.15) is 0 Å². The highest BCUT2D eigenvalue weighted by molar-refractivity contribution is 6.30. The quantitative estimate of drug-likeness (QED) is 0.488. The molecule has 4 rings (SSSR count). The van der Waals surface area contributed by atoms with Gasteiger partial charge in [-0.15, -0.1) is 10.2 Å². The fourth-order valence-electron chi connectivity index (χ4n) is 2.94. The number of carbonyl (C=O) groups excluding carboxylic acids is 1. The Hall–Kier alpha value is -3.58. The molecule has 7 nitrogen and oxygen atoms in total. The first-order valence-electron chi connectivity index (χ1n) is 9.26. The van der Waals surface area contributed by atoms with Crippen LogP contribution in [0.3, 0.4) is 0 Å². The number of ether oxygens (including phenoxy) is 2. The molecule has 0 aliphatic rings. The number of methoxy groups -OCH3 is 1. The summed E-state index contributed by atoms with van der Waals surface area (Å²) >= 11 is 5.90. The number of benzene rings is 2. The maximum Gasteiger partial charge on any atom is 0.251 e. The molecule has 0 aliphatic heterocycles. The van der Waals surface area contributed by atoms with Crippen LogP contribution in [-0.2, 0) is 13.2 Å². The lowest BCUT2D eigenvalue weighted by Crippen LogP contribution is -2.24. The van der Waals surface area contributed by atoms with Crippen molar-refractivity contribution < 1.29 is 14.3 Å². The highest BCUT2D eigenvalue weighted by Gasteiger charge is 2.13. The molecule has 0 atom stereocenters. The van der Waals surface area contributed by atoms with Crippen molar-refractivity contribution in [3.63, 3.8) is 0 Å². The fourth-order valence-corrected chi connectivity index (χ4v) is 3.07. The van der Waals surface area contributed by atoms with Crippen molar-refractivity contribution in [1.29, 1.82) is 0 Å². The number of nitrogens with zero attached hydrogens (tertiary/aromatic N) is 3. The summed E-state index contributed by atoms with van der Waals surface area (Å²) in [7, 11) is 1.54. The Balaban J connectivity index is 1.42. The van der Waals surface area contributed by atoms with Crippen LogP contribution in [0, 0.1) is 0 Å². The van der Waals surface area contributed by atoms with Crippen LogP contribution in [0.15, 0.2) is 66.9 Å². The number of nitrogens with one attached hydrogen (secondary N) is 1. The van der Waals surface area contributed by atoms with E-state index in [0.29, 0.717) is 34.5 Å². The largest absolute Gasteiger partial charge is 0.493 e. The Kier molecular flexibility index (Phi) is 5.81. The van der Waals surface area contributed by atoms with Gasteiger partial charge in [0.15, 0.2) is 23.0 Å². The van der Waals surface area contributed by atoms with Gasteiger partial charge in [0.25, 0.3) is 5.91 Å². The SMILES string of the molecule is COc1cc(C(=O)NCc2nnc3ccccn23)ccc1OCc1ccc(Cl)cc1. The summed E-state index contributed by atoms with van der Waals surface area (Å²) in [4.78, 5) is 12.6. The second-order valence-corrected chi connectivity index (χ2v) is 6.94. The molecule has 0 spiro atoms. The van der Waals surface area contributed by atoms with Gasteiger partial charge in [-0.3, -0.25) is 9.20 Å². The van der Waals surface area contributed by atoms with Crippen molar-refractivity contribution in [2.24, 2.45) is 0 Å². The van der Waals surface area contributed by atoms with Crippen molar-refractivity contribution in [1.82, 2.24) is 19.9 Å². The fraction of sp³-hybridized carbons (Fsp3) is 0.136. The smallest absolute Gasteiger partial charge is 0.251 e. The van der Waals surface area contributed by atoms with Gasteiger partial charge < -0.3 is 14.8 Å². The summed E-state index contributed by atoms with van der Waals surface area (Å²) in [6, 6.07) is 18.1. The number of amides is 1. The van der Waals surface area contributed by atoms with E-state index in [1.54, 1.807) is 18.2 Å². The van der Waals surface area contributed by atoms with E-state index in [2.05, 4.69) is 15.5 Å². The van der Waals surface area contributed by atoms with E-state index in [-0.39, 0.29) is 12.5 Å². The zero-order valence-electron chi connectivity index (χ0n) is 16.2. The molecule has 1 amide bonds. The van der Waals surface area contributed by atoms with Crippen LogP contribution in [0.5, 0.6) is 11.5 Å². The number of fused-ring (bicyclic) bond motifs is 1. The first-order valence-corrected chi connectivity index (χ1v) is 9.64. The molecule has 0 saturated heterocycles. The summed E-state index contributed by atoms with van der Waals surface area (Å²) in [5.74, 6) is 1.43. The number of pyridine rings is 1. The number of hydrogen-bond acceptors (Lipinski definition) is 5. The van der Waals surface area contributed by atoms with E-state index in [0.717, 1.165) is 11.2 Å². The molecular weight excluding hydrogens is 404 g/mol. The van der Waals surface area contributed by atoms with Crippen LogP contribution >= 0.6 is 11.6 Å². The minimum Gasteiger partial charge on any atom is -0.493 e. The molecule has 30 heavy (non-hydrogen) atoms. The second-order valence-electron chi connectivity index (χ2n) is 6.51. The Morgan fingerprint density at radius 1 is 1.07 bits per heavy atom. The van der Waals surface area contributed by atoms with Crippen LogP contribution in [0.1, 0.15) is 21.7 Å². The van der Waals surface area contributed by atoms with E-state index in [9.17, 15) is 4.79 Å². The average Bonchev–Trinajstić information content (AvgIpc) is 3.20. The Labute approximate surface area is 178 Å². The maximum absolute atomic E-state index is 12.6. The average molecular weight is 423 g/mol. The van der Waals surface area contributed by atoms with E-state index in [1.807, 2.05) is 53.1 Å². The predicted molar refractivity (Wildman–Crippen MR) is 113 cm³/mol. The first kappa shape index (κ1) is 19.7. The van der Waals surface area contributed by atoms with Crippen molar-refractivity contribution >= 4 is 23.2 Å². The molecule has 152 valence electrons. The summed E-state index contributed by atoms with van der Waals surface area (Å²) in [5, 5.41) is 11.7. The molecule has 0 aliphatic carbocycles. The molecule has 0 bridgehead atoms. The zero-order chi connectivity index (χ0) is 20.9. The monoisotopic (exact) mass is 422 g/mol. The molecule has 1 N–H and O–H groups in total. The molecule has 0 saturated carbocycles. The van der Waals surface area contributed by atoms with Crippen LogP contribution in [0.4, 0.5) is 0 Å². The molecule has 2 aromatic carbocycles. The van der Waals surface area contributed by atoms with Crippen molar-refractivity contribution in [3.8, 4) is 11.5 Å². The topological polar surface area (TPSA) is 77.8 Å². The Morgan fingerprint density at radius 3 is 2.70 bits per heavy atom. The van der Waals surface area contributed by atoms with Crippen LogP contribution < -0.4 is 14.8 Å². The maximum atomic E-state index is 12.6. The van der Waals surface area contributed by atoms with Crippen molar-refractivity contribution in [2.45, 2.75) is 13.2 Å². The lowest BCUT2D eigenvalue weighted by Gasteiger charge is -2.12. The van der Waals surface area contributed by atoms with E-state index in [1.165, 1.54) is 7.11 Å². The predicted octanol–water partition coefficient (Wildman–Crippen LogP) is 3.90. The van der Waals surface area contributed by atoms with Crippen molar-refractivity contribution in [3.05, 3.63) is 88.8 Å². The standard InChI is InChI=1S/C22H19ClN4O3/c1-29-19-12-16(7-10-18(19)30-14-15-5-8-17(23)9-6-15)22(28)24-13-21-26-25-20-4-2-3-11-27(20)21/h2-12H,13-14H2,1H3,(H,24,28). The highest BCUT2D eigenvalue weighted by atomic mass is 35.5. The molecule has 2 aromatic heterocycles. The molecular formula is C22H19ClN4O3. The summed E-state index contributed by atoms with van der Waals surface area (Å²) in [5.41, 5.74) is 2.16. The Morgan fingerprint density at radius 2 is 1.90 bits per heavy atom. The van der Waals surface area contributed by atoms with Gasteiger partial charge in [0.1, 0.15) is 6.61 Å². The summed E-state index contributed by atoms with van der Waals surface area (Å²) in [6.07, 6.45) is 1.85. The van der Waals surface area contributed by atoms with Gasteiger partial charge in [0.05, 0.1) is 13.7 Å². The number of hydrogen-bond donors (Lipinski definition) is 1. The molecule has 0 unspecified atom stereocenters. The lowest BCUT2D eigenvalue weighted by molar-refractivity contribution is 0.0949. The Bertz CT molecular complexity index is 1170. The lowest BCUT2D eigenvalue weighted by atomic mass is 10.2. The minimum absolute atomic E-state index is 0.245. The third-order valence-corrected chi connectivity index (χ3v) is 4.78. The number of halogens is 1. The summed E-state index contributed by atoms with van der Waals surface area (Å²) in [6.45, 7) is 0.611. The number of carbonyl (C=O) groups is 1. The van der Waals surface area contributed by atoms with Gasteiger partial charge in [0.2, 0.25) is 0 Å². The van der Waals surface area contributed by atoms with Gasteiger partial charge >= 0.3 is 0 Å². The minimum atomic E-state index is -0.245.